The van der Waals surface area contributed by atoms with E-state index in [4.69, 9.17) is 0 Å². The van der Waals surface area contributed by atoms with E-state index in [1.54, 1.807) is 30.5 Å². The van der Waals surface area contributed by atoms with Crippen molar-refractivity contribution in [3.8, 4) is 0 Å². The fourth-order valence-corrected chi connectivity index (χ4v) is 2.05. The second-order valence-electron chi connectivity index (χ2n) is 4.24. The minimum atomic E-state index is -0.351. The Morgan fingerprint density at radius 2 is 1.76 bits per heavy atom. The summed E-state index contributed by atoms with van der Waals surface area (Å²) in [6.45, 7) is 0. The maximum atomic E-state index is 11.3. The highest BCUT2D eigenvalue weighted by atomic mass is 79.9. The molecular formula is C17H14BrNO2. The maximum absolute atomic E-state index is 11.3. The topological polar surface area (TPSA) is 38.7 Å². The van der Waals surface area contributed by atoms with E-state index in [1.807, 2.05) is 36.4 Å². The number of aliphatic imine (C=N–C) groups is 1. The number of nitrogens with zero attached hydrogens (tertiary/aromatic N) is 1. The second-order valence-corrected chi connectivity index (χ2v) is 5.15. The molecule has 0 aliphatic heterocycles. The van der Waals surface area contributed by atoms with Crippen LogP contribution in [-0.2, 0) is 4.74 Å². The predicted octanol–water partition coefficient (Wildman–Crippen LogP) is 4.61. The monoisotopic (exact) mass is 343 g/mol. The normalized spacial score (nSPS) is 11.6. The number of hydrogen-bond donors (Lipinski definition) is 0. The van der Waals surface area contributed by atoms with Gasteiger partial charge in [-0.05, 0) is 51.8 Å². The summed E-state index contributed by atoms with van der Waals surface area (Å²) >= 11 is 3.46. The quantitative estimate of drug-likeness (QED) is 0.600. The Morgan fingerprint density at radius 1 is 1.10 bits per heavy atom. The second kappa shape index (κ2) is 7.55. The van der Waals surface area contributed by atoms with E-state index < -0.39 is 0 Å². The number of allylic oxidation sites excluding steroid dienone is 1. The Bertz CT molecular complexity index is 661. The van der Waals surface area contributed by atoms with Crippen LogP contribution in [0.5, 0.6) is 0 Å². The van der Waals surface area contributed by atoms with Gasteiger partial charge in [-0.25, -0.2) is 4.79 Å². The fraction of sp³-hybridized carbons (Fsp3) is 0.0588. The summed E-state index contributed by atoms with van der Waals surface area (Å²) in [5.74, 6) is -0.351. The zero-order chi connectivity index (χ0) is 15.1. The van der Waals surface area contributed by atoms with Crippen molar-refractivity contribution in [2.75, 3.05) is 7.11 Å². The first kappa shape index (κ1) is 15.2. The molecule has 0 radical (unpaired) electrons. The van der Waals surface area contributed by atoms with Crippen LogP contribution in [0.3, 0.4) is 0 Å². The third kappa shape index (κ3) is 4.68. The van der Waals surface area contributed by atoms with Gasteiger partial charge in [0.05, 0.1) is 18.4 Å². The van der Waals surface area contributed by atoms with Crippen molar-refractivity contribution in [3.63, 3.8) is 0 Å². The summed E-state index contributed by atoms with van der Waals surface area (Å²) in [4.78, 5) is 15.7. The molecule has 0 spiro atoms. The van der Waals surface area contributed by atoms with Crippen molar-refractivity contribution in [1.29, 1.82) is 0 Å². The Hall–Kier alpha value is -2.20. The molecule has 21 heavy (non-hydrogen) atoms. The van der Waals surface area contributed by atoms with Crippen LogP contribution >= 0.6 is 15.9 Å². The van der Waals surface area contributed by atoms with E-state index >= 15 is 0 Å². The van der Waals surface area contributed by atoms with E-state index in [1.165, 1.54) is 7.11 Å². The van der Waals surface area contributed by atoms with E-state index in [0.717, 1.165) is 15.7 Å². The fourth-order valence-electron chi connectivity index (χ4n) is 1.68. The van der Waals surface area contributed by atoms with Crippen molar-refractivity contribution in [3.05, 3.63) is 70.2 Å². The van der Waals surface area contributed by atoms with Gasteiger partial charge in [-0.3, -0.25) is 4.99 Å². The number of carbonyl (C=O) groups is 1. The van der Waals surface area contributed by atoms with Crippen LogP contribution in [-0.4, -0.2) is 19.3 Å². The van der Waals surface area contributed by atoms with Gasteiger partial charge in [0.25, 0.3) is 0 Å². The van der Waals surface area contributed by atoms with Gasteiger partial charge in [-0.2, -0.15) is 0 Å². The summed E-state index contributed by atoms with van der Waals surface area (Å²) < 4.78 is 5.51. The smallest absolute Gasteiger partial charge is 0.337 e. The Kier molecular flexibility index (Phi) is 5.46. The predicted molar refractivity (Wildman–Crippen MR) is 89.3 cm³/mol. The number of methoxy groups -OCH3 is 1. The molecule has 0 fully saturated rings. The molecule has 0 aliphatic carbocycles. The van der Waals surface area contributed by atoms with Gasteiger partial charge >= 0.3 is 5.97 Å². The van der Waals surface area contributed by atoms with Gasteiger partial charge in [0.2, 0.25) is 0 Å². The highest BCUT2D eigenvalue weighted by molar-refractivity contribution is 9.12. The van der Waals surface area contributed by atoms with Gasteiger partial charge in [-0.15, -0.1) is 0 Å². The van der Waals surface area contributed by atoms with E-state index in [9.17, 15) is 4.79 Å². The molecule has 0 bridgehead atoms. The van der Waals surface area contributed by atoms with Crippen LogP contribution in [0, 0.1) is 0 Å². The SMILES string of the molecule is COC(=O)c1ccc(N=CC(Br)=Cc2ccccc2)cc1. The molecule has 2 rings (SSSR count). The van der Waals surface area contributed by atoms with Crippen molar-refractivity contribution in [1.82, 2.24) is 0 Å². The maximum Gasteiger partial charge on any atom is 0.337 e. The number of benzene rings is 2. The first-order valence-electron chi connectivity index (χ1n) is 6.34. The van der Waals surface area contributed by atoms with E-state index in [-0.39, 0.29) is 5.97 Å². The average molecular weight is 344 g/mol. The third-order valence-electron chi connectivity index (χ3n) is 2.73. The zero-order valence-electron chi connectivity index (χ0n) is 11.5. The van der Waals surface area contributed by atoms with Gasteiger partial charge in [0.1, 0.15) is 0 Å². The molecular weight excluding hydrogens is 330 g/mol. The standard InChI is InChI=1S/C17H14BrNO2/c1-21-17(20)14-7-9-16(10-8-14)19-12-15(18)11-13-5-3-2-4-6-13/h2-12H,1H3. The number of esters is 1. The summed E-state index contributed by atoms with van der Waals surface area (Å²) in [6, 6.07) is 16.9. The molecule has 106 valence electrons. The van der Waals surface area contributed by atoms with Crippen molar-refractivity contribution in [2.24, 2.45) is 4.99 Å². The number of rotatable bonds is 4. The first-order valence-corrected chi connectivity index (χ1v) is 7.13. The van der Waals surface area contributed by atoms with Crippen LogP contribution < -0.4 is 0 Å². The molecule has 0 aromatic heterocycles. The van der Waals surface area contributed by atoms with Crippen molar-refractivity contribution >= 4 is 39.9 Å². The molecule has 0 saturated carbocycles. The molecule has 2 aromatic rings. The van der Waals surface area contributed by atoms with Crippen LogP contribution in [0.25, 0.3) is 6.08 Å². The minimum absolute atomic E-state index is 0.351. The molecule has 0 heterocycles. The molecule has 0 atom stereocenters. The van der Waals surface area contributed by atoms with Crippen molar-refractivity contribution in [2.45, 2.75) is 0 Å². The lowest BCUT2D eigenvalue weighted by atomic mass is 10.2. The Balaban J connectivity index is 2.07. The van der Waals surface area contributed by atoms with E-state index in [2.05, 4.69) is 25.7 Å². The number of ether oxygens (including phenoxy) is 1. The van der Waals surface area contributed by atoms with Crippen LogP contribution in [0.4, 0.5) is 5.69 Å². The molecule has 0 unspecified atom stereocenters. The lowest BCUT2D eigenvalue weighted by molar-refractivity contribution is 0.0601. The first-order chi connectivity index (χ1) is 10.2. The van der Waals surface area contributed by atoms with Crippen molar-refractivity contribution < 1.29 is 9.53 Å². The van der Waals surface area contributed by atoms with E-state index in [0.29, 0.717) is 5.56 Å². The van der Waals surface area contributed by atoms with Crippen LogP contribution in [0.1, 0.15) is 15.9 Å². The highest BCUT2D eigenvalue weighted by Gasteiger charge is 2.03. The van der Waals surface area contributed by atoms with Crippen LogP contribution in [0.15, 0.2) is 64.1 Å². The van der Waals surface area contributed by atoms with Gasteiger partial charge in [0.15, 0.2) is 0 Å². The Morgan fingerprint density at radius 3 is 2.38 bits per heavy atom. The van der Waals surface area contributed by atoms with Gasteiger partial charge in [-0.1, -0.05) is 30.3 Å². The third-order valence-corrected chi connectivity index (χ3v) is 3.16. The number of halogens is 1. The summed E-state index contributed by atoms with van der Waals surface area (Å²) in [6.07, 6.45) is 3.70. The lowest BCUT2D eigenvalue weighted by Gasteiger charge is -1.99. The highest BCUT2D eigenvalue weighted by Crippen LogP contribution is 2.16. The molecule has 4 heteroatoms. The van der Waals surface area contributed by atoms with Gasteiger partial charge in [0, 0.05) is 10.7 Å². The molecule has 3 nitrogen and oxygen atoms in total. The molecule has 0 aliphatic rings. The largest absolute Gasteiger partial charge is 0.465 e. The molecule has 0 amide bonds. The minimum Gasteiger partial charge on any atom is -0.465 e. The summed E-state index contributed by atoms with van der Waals surface area (Å²) in [5, 5.41) is 0. The lowest BCUT2D eigenvalue weighted by Crippen LogP contribution is -1.99. The van der Waals surface area contributed by atoms with Crippen LogP contribution in [0.2, 0.25) is 0 Å². The number of hydrogen-bond acceptors (Lipinski definition) is 3. The Labute approximate surface area is 132 Å². The summed E-state index contributed by atoms with van der Waals surface area (Å²) in [7, 11) is 1.36. The number of carbonyl (C=O) groups excluding carboxylic acids is 1. The van der Waals surface area contributed by atoms with Gasteiger partial charge < -0.3 is 4.74 Å². The zero-order valence-corrected chi connectivity index (χ0v) is 13.1. The molecule has 0 N–H and O–H groups in total. The summed E-state index contributed by atoms with van der Waals surface area (Å²) in [5.41, 5.74) is 2.37. The average Bonchev–Trinajstić information content (AvgIpc) is 2.53. The molecule has 2 aromatic carbocycles. The molecule has 0 saturated heterocycles.